The normalized spacial score (nSPS) is 28.8. The Morgan fingerprint density at radius 2 is 1.57 bits per heavy atom. The molecule has 1 saturated carbocycles. The van der Waals surface area contributed by atoms with E-state index >= 15 is 0 Å². The molecule has 2 unspecified atom stereocenters. The molecule has 0 aliphatic heterocycles. The summed E-state index contributed by atoms with van der Waals surface area (Å²) in [4.78, 5) is 48.8. The minimum atomic E-state index is -4.63. The molecule has 2 aliphatic carbocycles. The number of ether oxygens (including phenoxy) is 2. The molecule has 0 saturated heterocycles. The van der Waals surface area contributed by atoms with Crippen molar-refractivity contribution >= 4 is 34.7 Å². The van der Waals surface area contributed by atoms with Crippen LogP contribution in [0.4, 0.5) is 13.2 Å². The number of hydrogen-bond acceptors (Lipinski definition) is 7. The van der Waals surface area contributed by atoms with Crippen LogP contribution in [0.2, 0.25) is 0 Å². The van der Waals surface area contributed by atoms with Crippen molar-refractivity contribution in [3.8, 4) is 11.5 Å². The van der Waals surface area contributed by atoms with Gasteiger partial charge in [0.25, 0.3) is 0 Å². The molecule has 0 spiro atoms. The van der Waals surface area contributed by atoms with Crippen LogP contribution in [-0.2, 0) is 24.6 Å². The number of amides is 1. The molecular formula is C35H50F3NO6S. The molecule has 46 heavy (non-hydrogen) atoms. The molecule has 0 aromatic heterocycles. The van der Waals surface area contributed by atoms with E-state index in [4.69, 9.17) is 15.2 Å². The predicted octanol–water partition coefficient (Wildman–Crippen LogP) is 8.60. The number of halogens is 3. The lowest BCUT2D eigenvalue weighted by molar-refractivity contribution is -0.146. The van der Waals surface area contributed by atoms with Crippen LogP contribution in [0.1, 0.15) is 130 Å². The fourth-order valence-electron chi connectivity index (χ4n) is 7.61. The van der Waals surface area contributed by atoms with Gasteiger partial charge in [0.1, 0.15) is 6.42 Å². The first kappa shape index (κ1) is 37.9. The highest BCUT2D eigenvalue weighted by atomic mass is 32.2. The molecule has 1 aromatic carbocycles. The van der Waals surface area contributed by atoms with E-state index < -0.39 is 45.7 Å². The van der Waals surface area contributed by atoms with Crippen LogP contribution >= 0.6 is 11.8 Å². The number of rotatable bonds is 8. The number of carbonyl (C=O) groups excluding carboxylic acids is 4. The second kappa shape index (κ2) is 14.3. The number of esters is 2. The van der Waals surface area contributed by atoms with E-state index in [0.29, 0.717) is 36.1 Å². The first-order valence-electron chi connectivity index (χ1n) is 16.2. The Morgan fingerprint density at radius 3 is 2.11 bits per heavy atom. The molecule has 11 heteroatoms. The fraction of sp³-hybridized carbons (Fsp3) is 0.714. The lowest BCUT2D eigenvalue weighted by Crippen LogP contribution is -2.43. The van der Waals surface area contributed by atoms with Crippen LogP contribution in [0.5, 0.6) is 11.5 Å². The van der Waals surface area contributed by atoms with Crippen molar-refractivity contribution in [1.82, 2.24) is 0 Å². The van der Waals surface area contributed by atoms with Crippen LogP contribution in [0.15, 0.2) is 12.1 Å². The van der Waals surface area contributed by atoms with Gasteiger partial charge in [0, 0.05) is 24.5 Å². The Bertz CT molecular complexity index is 1330. The molecule has 6 atom stereocenters. The second-order valence-corrected chi connectivity index (χ2v) is 16.3. The Kier molecular flexibility index (Phi) is 11.8. The van der Waals surface area contributed by atoms with Gasteiger partial charge in [-0.05, 0) is 103 Å². The Morgan fingerprint density at radius 1 is 0.978 bits per heavy atom. The number of benzene rings is 1. The van der Waals surface area contributed by atoms with Gasteiger partial charge in [0.2, 0.25) is 5.91 Å². The van der Waals surface area contributed by atoms with Crippen molar-refractivity contribution in [3.05, 3.63) is 23.3 Å². The Labute approximate surface area is 275 Å². The maximum Gasteiger partial charge on any atom is 0.396 e. The Hall–Kier alpha value is -2.56. The number of thioether (sulfide) groups is 1. The first-order chi connectivity index (χ1) is 21.0. The van der Waals surface area contributed by atoms with Crippen molar-refractivity contribution in [2.45, 2.75) is 130 Å². The summed E-state index contributed by atoms with van der Waals surface area (Å²) in [5, 5.41) is -1.59. The summed E-state index contributed by atoms with van der Waals surface area (Å²) in [6, 6.07) is 3.27. The molecule has 2 aliphatic rings. The highest BCUT2D eigenvalue weighted by Crippen LogP contribution is 2.59. The molecule has 7 nitrogen and oxygen atoms in total. The first-order valence-corrected chi connectivity index (χ1v) is 17.0. The number of fused-ring (bicyclic) bond motifs is 3. The van der Waals surface area contributed by atoms with Gasteiger partial charge in [-0.3, -0.25) is 19.2 Å². The fourth-order valence-corrected chi connectivity index (χ4v) is 8.80. The molecule has 0 radical (unpaired) electrons. The molecule has 0 bridgehead atoms. The molecule has 258 valence electrons. The number of hydrogen-bond donors (Lipinski definition) is 1. The van der Waals surface area contributed by atoms with Gasteiger partial charge in [-0.1, -0.05) is 53.3 Å². The van der Waals surface area contributed by atoms with Gasteiger partial charge in [0.05, 0.1) is 0 Å². The molecule has 0 heterocycles. The average molecular weight is 670 g/mol. The zero-order chi connectivity index (χ0) is 34.8. The van der Waals surface area contributed by atoms with Crippen molar-refractivity contribution in [2.24, 2.45) is 34.3 Å². The number of nitrogens with two attached hydrogens (primary N) is 1. The summed E-state index contributed by atoms with van der Waals surface area (Å²) in [6.07, 6.45) is 0.173. The van der Waals surface area contributed by atoms with Crippen LogP contribution in [0.25, 0.3) is 0 Å². The second-order valence-electron chi connectivity index (χ2n) is 15.0. The number of carbonyl (C=O) groups is 4. The van der Waals surface area contributed by atoms with E-state index in [9.17, 15) is 32.3 Å². The highest BCUT2D eigenvalue weighted by Gasteiger charge is 2.48. The predicted molar refractivity (Wildman–Crippen MR) is 172 cm³/mol. The largest absolute Gasteiger partial charge is 0.423 e. The van der Waals surface area contributed by atoms with E-state index in [1.165, 1.54) is 13.8 Å². The van der Waals surface area contributed by atoms with Crippen LogP contribution in [-0.4, -0.2) is 29.1 Å². The lowest BCUT2D eigenvalue weighted by atomic mass is 9.56. The summed E-state index contributed by atoms with van der Waals surface area (Å²) >= 11 is 0.678. The van der Waals surface area contributed by atoms with Gasteiger partial charge in [0.15, 0.2) is 16.6 Å². The molecule has 1 aromatic rings. The van der Waals surface area contributed by atoms with E-state index in [0.717, 1.165) is 44.1 Å². The number of alkyl halides is 3. The minimum Gasteiger partial charge on any atom is -0.423 e. The van der Waals surface area contributed by atoms with Crippen molar-refractivity contribution in [1.29, 1.82) is 0 Å². The summed E-state index contributed by atoms with van der Waals surface area (Å²) in [7, 11) is 0. The van der Waals surface area contributed by atoms with Crippen LogP contribution < -0.4 is 15.2 Å². The van der Waals surface area contributed by atoms with Crippen molar-refractivity contribution in [3.63, 3.8) is 0 Å². The average Bonchev–Trinajstić information content (AvgIpc) is 2.90. The zero-order valence-corrected chi connectivity index (χ0v) is 29.2. The van der Waals surface area contributed by atoms with E-state index in [1.54, 1.807) is 12.1 Å². The van der Waals surface area contributed by atoms with Crippen molar-refractivity contribution < 1.29 is 41.8 Å². The minimum absolute atomic E-state index is 0.00227. The van der Waals surface area contributed by atoms with Gasteiger partial charge in [-0.15, -0.1) is 0 Å². The molecule has 1 amide bonds. The zero-order valence-electron chi connectivity index (χ0n) is 28.4. The molecular weight excluding hydrogens is 619 g/mol. The summed E-state index contributed by atoms with van der Waals surface area (Å²) < 4.78 is 50.6. The van der Waals surface area contributed by atoms with Crippen molar-refractivity contribution in [2.75, 3.05) is 0 Å². The third-order valence-electron chi connectivity index (χ3n) is 10.4. The maximum atomic E-state index is 13.2. The van der Waals surface area contributed by atoms with E-state index in [1.807, 2.05) is 13.8 Å². The monoisotopic (exact) mass is 669 g/mol. The topological polar surface area (TPSA) is 113 Å². The maximum absolute atomic E-state index is 13.2. The summed E-state index contributed by atoms with van der Waals surface area (Å²) in [5.74, 6) is -1.03. The number of primary amides is 1. The highest BCUT2D eigenvalue weighted by molar-refractivity contribution is 8.13. The Balaban J connectivity index is 2.10. The molecule has 3 rings (SSSR count). The van der Waals surface area contributed by atoms with Gasteiger partial charge in [-0.25, -0.2) is 0 Å². The van der Waals surface area contributed by atoms with E-state index in [2.05, 4.69) is 27.7 Å². The van der Waals surface area contributed by atoms with Gasteiger partial charge < -0.3 is 15.2 Å². The summed E-state index contributed by atoms with van der Waals surface area (Å²) in [5.41, 5.74) is 6.01. The standard InChI is InChI=1S/C35H50F3NO6S/c1-20-9-12-34(8)25(21(2)10-11-33(7,18-20)14-13-32(5,6)31(39)43)17-29(46-30(42)19-35(36,37)38)24-15-27(44-22(3)40)28(16-26(24)34)45-23(4)41/h15-16,20-21,25,29H,9-14,17-19H2,1-8H3,(H2,39,43)/t20-,21+,25?,29?,33+,34-/m1/s1. The third kappa shape index (κ3) is 9.50. The van der Waals surface area contributed by atoms with Crippen LogP contribution in [0.3, 0.4) is 0 Å². The molecule has 1 fully saturated rings. The SMILES string of the molecule is CC(=O)Oc1cc2c(cc1OC(C)=O)[C@]1(C)CC[C@@H](C)C[C@](C)(CCC(C)(C)C(N)=O)CC[C@H](C)C1CC2SC(=O)CC(F)(F)F. The molecule has 2 N–H and O–H groups in total. The third-order valence-corrected chi connectivity index (χ3v) is 11.5. The smallest absolute Gasteiger partial charge is 0.396 e. The van der Waals surface area contributed by atoms with Gasteiger partial charge >= 0.3 is 18.1 Å². The van der Waals surface area contributed by atoms with Gasteiger partial charge in [-0.2, -0.15) is 13.2 Å². The van der Waals surface area contributed by atoms with E-state index in [-0.39, 0.29) is 34.7 Å². The summed E-state index contributed by atoms with van der Waals surface area (Å²) in [6.45, 7) is 15.1. The van der Waals surface area contributed by atoms with Crippen LogP contribution in [0, 0.1) is 28.6 Å². The quantitative estimate of drug-likeness (QED) is 0.218. The lowest BCUT2D eigenvalue weighted by Gasteiger charge is -2.50.